The van der Waals surface area contributed by atoms with E-state index in [-0.39, 0.29) is 34.8 Å². The van der Waals surface area contributed by atoms with Crippen LogP contribution in [-0.4, -0.2) is 37.8 Å². The van der Waals surface area contributed by atoms with Gasteiger partial charge in [0.2, 0.25) is 0 Å². The van der Waals surface area contributed by atoms with Gasteiger partial charge in [0.05, 0.1) is 23.4 Å². The fourth-order valence-electron chi connectivity index (χ4n) is 3.83. The molecule has 0 radical (unpaired) electrons. The van der Waals surface area contributed by atoms with Crippen LogP contribution in [0.4, 0.5) is 13.2 Å². The maximum absolute atomic E-state index is 14.6. The first-order valence-electron chi connectivity index (χ1n) is 10.6. The molecular weight excluding hydrogens is 463 g/mol. The number of hydrogen-bond donors (Lipinski definition) is 0. The average Bonchev–Trinajstić information content (AvgIpc) is 3.19. The zero-order valence-corrected chi connectivity index (χ0v) is 18.6. The van der Waals surface area contributed by atoms with Crippen molar-refractivity contribution in [2.24, 2.45) is 7.05 Å². The Morgan fingerprint density at radius 3 is 2.51 bits per heavy atom. The van der Waals surface area contributed by atoms with Crippen LogP contribution >= 0.6 is 0 Å². The highest BCUT2D eigenvalue weighted by atomic mass is 19.3. The lowest BCUT2D eigenvalue weighted by Crippen LogP contribution is -2.24. The molecule has 0 amide bonds. The fraction of sp³-hybridized carbons (Fsp3) is 0.167. The van der Waals surface area contributed by atoms with Gasteiger partial charge in [-0.3, -0.25) is 9.48 Å². The van der Waals surface area contributed by atoms with Crippen molar-refractivity contribution in [2.75, 3.05) is 6.61 Å². The molecule has 0 saturated heterocycles. The Hall–Kier alpha value is -4.41. The first kappa shape index (κ1) is 22.4. The van der Waals surface area contributed by atoms with E-state index in [0.717, 1.165) is 21.7 Å². The summed E-state index contributed by atoms with van der Waals surface area (Å²) in [5.41, 5.74) is 1.32. The van der Waals surface area contributed by atoms with E-state index in [4.69, 9.17) is 4.74 Å². The molecule has 0 aliphatic carbocycles. The summed E-state index contributed by atoms with van der Waals surface area (Å²) in [5.74, 6) is -1.07. The van der Waals surface area contributed by atoms with Crippen molar-refractivity contribution < 1.29 is 22.6 Å². The molecule has 0 spiro atoms. The van der Waals surface area contributed by atoms with Crippen LogP contribution < -0.4 is 15.0 Å². The van der Waals surface area contributed by atoms with Crippen molar-refractivity contribution in [3.63, 3.8) is 0 Å². The number of hydrogen-bond acceptors (Lipinski definition) is 6. The predicted octanol–water partition coefficient (Wildman–Crippen LogP) is 4.47. The predicted molar refractivity (Wildman–Crippen MR) is 123 cm³/mol. The summed E-state index contributed by atoms with van der Waals surface area (Å²) in [4.78, 5) is 17.9. The Bertz CT molecular complexity index is 1610. The molecule has 35 heavy (non-hydrogen) atoms. The number of halogens is 3. The second kappa shape index (κ2) is 8.75. The molecule has 0 saturated carbocycles. The summed E-state index contributed by atoms with van der Waals surface area (Å²) < 4.78 is 52.3. The molecule has 0 fully saturated rings. The highest BCUT2D eigenvalue weighted by Gasteiger charge is 2.20. The van der Waals surface area contributed by atoms with Crippen LogP contribution in [0.25, 0.3) is 38.8 Å². The van der Waals surface area contributed by atoms with E-state index < -0.39 is 18.0 Å². The number of nitrogens with zero attached hydrogens (tertiary/aromatic N) is 5. The number of aromatic nitrogens is 5. The van der Waals surface area contributed by atoms with Crippen molar-refractivity contribution in [3.05, 3.63) is 70.9 Å². The van der Waals surface area contributed by atoms with Gasteiger partial charge in [0, 0.05) is 24.7 Å². The Kier molecular flexibility index (Phi) is 5.59. The minimum absolute atomic E-state index is 0.0709. The maximum Gasteiger partial charge on any atom is 0.387 e. The molecule has 0 N–H and O–H groups in total. The highest BCUT2D eigenvalue weighted by Crippen LogP contribution is 2.29. The van der Waals surface area contributed by atoms with Crippen molar-refractivity contribution in [2.45, 2.75) is 13.5 Å². The van der Waals surface area contributed by atoms with Crippen LogP contribution in [0.3, 0.4) is 0 Å². The molecule has 0 atom stereocenters. The highest BCUT2D eigenvalue weighted by molar-refractivity contribution is 5.91. The first-order chi connectivity index (χ1) is 16.8. The van der Waals surface area contributed by atoms with Crippen molar-refractivity contribution in [3.8, 4) is 28.4 Å². The lowest BCUT2D eigenvalue weighted by atomic mass is 10.1. The van der Waals surface area contributed by atoms with E-state index in [1.165, 1.54) is 24.3 Å². The molecule has 8 nitrogen and oxygen atoms in total. The minimum atomic E-state index is -2.99. The van der Waals surface area contributed by atoms with Gasteiger partial charge in [-0.05, 0) is 42.8 Å². The number of benzene rings is 2. The lowest BCUT2D eigenvalue weighted by molar-refractivity contribution is -0.0498. The average molecular weight is 481 g/mol. The van der Waals surface area contributed by atoms with E-state index in [1.807, 2.05) is 0 Å². The monoisotopic (exact) mass is 481 g/mol. The normalized spacial score (nSPS) is 11.5. The van der Waals surface area contributed by atoms with E-state index in [0.29, 0.717) is 11.3 Å². The third-order valence-corrected chi connectivity index (χ3v) is 5.27. The van der Waals surface area contributed by atoms with Gasteiger partial charge < -0.3 is 9.47 Å². The molecule has 5 rings (SSSR count). The van der Waals surface area contributed by atoms with Crippen LogP contribution in [0.2, 0.25) is 0 Å². The van der Waals surface area contributed by atoms with Gasteiger partial charge in [-0.1, -0.05) is 12.1 Å². The SMILES string of the molecule is CCOc1nc2c(-c3ccc(OC(F)F)cc3)c(=O)n(-c3ccc4nn(C)cc4c3)nc2cc1F. The van der Waals surface area contributed by atoms with Crippen molar-refractivity contribution in [1.82, 2.24) is 24.5 Å². The summed E-state index contributed by atoms with van der Waals surface area (Å²) in [7, 11) is 1.78. The summed E-state index contributed by atoms with van der Waals surface area (Å²) in [6, 6.07) is 11.8. The summed E-state index contributed by atoms with van der Waals surface area (Å²) in [6.07, 6.45) is 1.79. The second-order valence-electron chi connectivity index (χ2n) is 7.62. The zero-order chi connectivity index (χ0) is 24.7. The van der Waals surface area contributed by atoms with Gasteiger partial charge in [0.1, 0.15) is 16.8 Å². The molecule has 2 aromatic carbocycles. The van der Waals surface area contributed by atoms with Crippen molar-refractivity contribution >= 4 is 21.9 Å². The minimum Gasteiger partial charge on any atom is -0.476 e. The molecule has 11 heteroatoms. The third kappa shape index (κ3) is 4.16. The van der Waals surface area contributed by atoms with Gasteiger partial charge in [-0.2, -0.15) is 23.7 Å². The van der Waals surface area contributed by atoms with E-state index in [1.54, 1.807) is 43.0 Å². The third-order valence-electron chi connectivity index (χ3n) is 5.27. The number of aryl methyl sites for hydroxylation is 1. The molecule has 5 aromatic rings. The van der Waals surface area contributed by atoms with Gasteiger partial charge in [0.15, 0.2) is 5.82 Å². The molecule has 0 aliphatic rings. The summed E-state index contributed by atoms with van der Waals surface area (Å²) in [5, 5.41) is 9.46. The van der Waals surface area contributed by atoms with E-state index >= 15 is 0 Å². The Morgan fingerprint density at radius 1 is 1.03 bits per heavy atom. The molecular formula is C24H18F3N5O3. The van der Waals surface area contributed by atoms with Gasteiger partial charge in [0.25, 0.3) is 11.4 Å². The quantitative estimate of drug-likeness (QED) is 0.356. The Balaban J connectivity index is 1.77. The standard InChI is InChI=1S/C24H18F3N5O3/c1-3-34-22-17(25)11-19-21(28-22)20(13-4-7-16(8-5-13)35-24(26)27)23(33)32(30-19)15-6-9-18-14(10-15)12-31(2)29-18/h4-12,24H,3H2,1-2H3. The molecule has 0 unspecified atom stereocenters. The van der Waals surface area contributed by atoms with Crippen LogP contribution in [0.1, 0.15) is 6.92 Å². The van der Waals surface area contributed by atoms with Crippen LogP contribution in [0.5, 0.6) is 11.6 Å². The number of alkyl halides is 2. The second-order valence-corrected chi connectivity index (χ2v) is 7.62. The topological polar surface area (TPSA) is 84.1 Å². The molecule has 0 aliphatic heterocycles. The van der Waals surface area contributed by atoms with Gasteiger partial charge >= 0.3 is 6.61 Å². The lowest BCUT2D eigenvalue weighted by Gasteiger charge is -2.13. The smallest absolute Gasteiger partial charge is 0.387 e. The maximum atomic E-state index is 14.6. The number of ether oxygens (including phenoxy) is 2. The van der Waals surface area contributed by atoms with E-state index in [9.17, 15) is 18.0 Å². The van der Waals surface area contributed by atoms with E-state index in [2.05, 4.69) is 19.9 Å². The van der Waals surface area contributed by atoms with Crippen LogP contribution in [0, 0.1) is 5.82 Å². The summed E-state index contributed by atoms with van der Waals surface area (Å²) >= 11 is 0. The first-order valence-corrected chi connectivity index (χ1v) is 10.6. The molecule has 178 valence electrons. The van der Waals surface area contributed by atoms with Gasteiger partial charge in [-0.15, -0.1) is 0 Å². The number of rotatable bonds is 6. The van der Waals surface area contributed by atoms with Crippen molar-refractivity contribution in [1.29, 1.82) is 0 Å². The number of fused-ring (bicyclic) bond motifs is 2. The Morgan fingerprint density at radius 2 is 1.80 bits per heavy atom. The van der Waals surface area contributed by atoms with Gasteiger partial charge in [-0.25, -0.2) is 9.37 Å². The molecule has 3 heterocycles. The zero-order valence-electron chi connectivity index (χ0n) is 18.6. The fourth-order valence-corrected chi connectivity index (χ4v) is 3.83. The molecule has 3 aromatic heterocycles. The number of pyridine rings is 1. The summed E-state index contributed by atoms with van der Waals surface area (Å²) in [6.45, 7) is -1.14. The van der Waals surface area contributed by atoms with Crippen LogP contribution in [-0.2, 0) is 7.05 Å². The molecule has 0 bridgehead atoms. The van der Waals surface area contributed by atoms with Crippen LogP contribution in [0.15, 0.2) is 59.5 Å². The largest absolute Gasteiger partial charge is 0.476 e. The Labute approximate surface area is 196 Å².